The first kappa shape index (κ1) is 20.4. The minimum Gasteiger partial charge on any atom is -0.481 e. The molecule has 3 aromatic rings. The molecule has 0 spiro atoms. The van der Waals surface area contributed by atoms with Gasteiger partial charge < -0.3 is 24.2 Å². The van der Waals surface area contributed by atoms with Gasteiger partial charge in [-0.25, -0.2) is 9.97 Å². The molecule has 166 valence electrons. The lowest BCUT2D eigenvalue weighted by atomic mass is 10.1. The Morgan fingerprint density at radius 2 is 1.72 bits per heavy atom. The van der Waals surface area contributed by atoms with E-state index in [4.69, 9.17) is 14.5 Å². The van der Waals surface area contributed by atoms with E-state index in [-0.39, 0.29) is 5.91 Å². The monoisotopic (exact) mass is 434 g/mol. The quantitative estimate of drug-likeness (QED) is 0.615. The van der Waals surface area contributed by atoms with E-state index in [1.807, 2.05) is 35.2 Å². The summed E-state index contributed by atoms with van der Waals surface area (Å²) < 4.78 is 10.6. The third-order valence-electron chi connectivity index (χ3n) is 5.94. The Bertz CT molecular complexity index is 1110. The summed E-state index contributed by atoms with van der Waals surface area (Å²) in [7, 11) is 1.60. The first-order valence-corrected chi connectivity index (χ1v) is 10.9. The van der Waals surface area contributed by atoms with Crippen LogP contribution in [0.5, 0.6) is 5.88 Å². The van der Waals surface area contributed by atoms with Crippen LogP contribution in [0.15, 0.2) is 42.6 Å². The lowest BCUT2D eigenvalue weighted by molar-refractivity contribution is 0.0304. The van der Waals surface area contributed by atoms with Crippen LogP contribution in [0.25, 0.3) is 10.9 Å². The summed E-state index contributed by atoms with van der Waals surface area (Å²) in [5, 5.41) is 0.885. The number of hydrogen-bond acceptors (Lipinski definition) is 8. The minimum atomic E-state index is 0.0385. The molecule has 1 amide bonds. The average molecular weight is 435 g/mol. The predicted octanol–water partition coefficient (Wildman–Crippen LogP) is 1.83. The van der Waals surface area contributed by atoms with E-state index in [0.29, 0.717) is 43.7 Å². The van der Waals surface area contributed by atoms with E-state index < -0.39 is 0 Å². The third kappa shape index (κ3) is 4.03. The molecule has 0 N–H and O–H groups in total. The zero-order valence-electron chi connectivity index (χ0n) is 18.1. The number of amides is 1. The molecule has 0 bridgehead atoms. The maximum absolute atomic E-state index is 13.3. The number of pyridine rings is 1. The van der Waals surface area contributed by atoms with E-state index in [1.54, 1.807) is 19.4 Å². The number of hydrogen-bond donors (Lipinski definition) is 0. The number of fused-ring (bicyclic) bond motifs is 1. The molecule has 4 heterocycles. The van der Waals surface area contributed by atoms with Gasteiger partial charge in [-0.1, -0.05) is 18.2 Å². The molecule has 32 heavy (non-hydrogen) atoms. The van der Waals surface area contributed by atoms with E-state index in [0.717, 1.165) is 42.9 Å². The maximum Gasteiger partial charge on any atom is 0.254 e. The Labute approximate surface area is 186 Å². The Morgan fingerprint density at radius 3 is 2.50 bits per heavy atom. The van der Waals surface area contributed by atoms with Gasteiger partial charge in [0.1, 0.15) is 5.82 Å². The standard InChI is InChI=1S/C23H26N6O3/c1-31-21-6-7-24-23(26-21)29-10-8-27(9-11-29)20-16-18(17-4-2-3-5-19(17)25-20)22(30)28-12-14-32-15-13-28/h2-7,16H,8-15H2,1H3. The number of methoxy groups -OCH3 is 1. The number of para-hydroxylation sites is 1. The number of anilines is 2. The van der Waals surface area contributed by atoms with E-state index >= 15 is 0 Å². The van der Waals surface area contributed by atoms with Gasteiger partial charge in [0.05, 0.1) is 31.4 Å². The number of piperazine rings is 1. The van der Waals surface area contributed by atoms with Gasteiger partial charge >= 0.3 is 0 Å². The second kappa shape index (κ2) is 8.96. The molecular weight excluding hydrogens is 408 g/mol. The van der Waals surface area contributed by atoms with Gasteiger partial charge in [-0.2, -0.15) is 4.98 Å². The lowest BCUT2D eigenvalue weighted by Crippen LogP contribution is -2.47. The molecule has 0 unspecified atom stereocenters. The van der Waals surface area contributed by atoms with Crippen molar-refractivity contribution in [1.29, 1.82) is 0 Å². The van der Waals surface area contributed by atoms with E-state index in [2.05, 4.69) is 19.8 Å². The van der Waals surface area contributed by atoms with Gasteiger partial charge in [0, 0.05) is 56.9 Å². The summed E-state index contributed by atoms with van der Waals surface area (Å²) in [6.45, 7) is 5.43. The average Bonchev–Trinajstić information content (AvgIpc) is 2.88. The van der Waals surface area contributed by atoms with Gasteiger partial charge in [-0.05, 0) is 12.1 Å². The van der Waals surface area contributed by atoms with Gasteiger partial charge in [-0.15, -0.1) is 0 Å². The van der Waals surface area contributed by atoms with Crippen LogP contribution < -0.4 is 14.5 Å². The van der Waals surface area contributed by atoms with Gasteiger partial charge in [0.25, 0.3) is 5.91 Å². The Balaban J connectivity index is 1.39. The molecular formula is C23H26N6O3. The molecule has 5 rings (SSSR count). The number of morpholine rings is 1. The number of carbonyl (C=O) groups excluding carboxylic acids is 1. The van der Waals surface area contributed by atoms with E-state index in [1.165, 1.54) is 0 Å². The third-order valence-corrected chi connectivity index (χ3v) is 5.94. The highest BCUT2D eigenvalue weighted by molar-refractivity contribution is 6.07. The first-order valence-electron chi connectivity index (χ1n) is 10.9. The van der Waals surface area contributed by atoms with Gasteiger partial charge in [0.15, 0.2) is 0 Å². The van der Waals surface area contributed by atoms with E-state index in [9.17, 15) is 4.79 Å². The zero-order chi connectivity index (χ0) is 21.9. The minimum absolute atomic E-state index is 0.0385. The summed E-state index contributed by atoms with van der Waals surface area (Å²) in [6.07, 6.45) is 1.71. The summed E-state index contributed by atoms with van der Waals surface area (Å²) >= 11 is 0. The Morgan fingerprint density at radius 1 is 0.969 bits per heavy atom. The number of ether oxygens (including phenoxy) is 2. The summed E-state index contributed by atoms with van der Waals surface area (Å²) in [4.78, 5) is 33.3. The van der Waals surface area contributed by atoms with Crippen molar-refractivity contribution in [3.8, 4) is 5.88 Å². The number of carbonyl (C=O) groups is 1. The van der Waals surface area contributed by atoms with Gasteiger partial charge in [0.2, 0.25) is 11.8 Å². The summed E-state index contributed by atoms with van der Waals surface area (Å²) in [5.74, 6) is 2.08. The second-order valence-electron chi connectivity index (χ2n) is 7.82. The topological polar surface area (TPSA) is 83.9 Å². The number of benzene rings is 1. The fourth-order valence-corrected chi connectivity index (χ4v) is 4.17. The van der Waals surface area contributed by atoms with Crippen LogP contribution >= 0.6 is 0 Å². The first-order chi connectivity index (χ1) is 15.7. The van der Waals surface area contributed by atoms with Crippen molar-refractivity contribution in [2.75, 3.05) is 69.4 Å². The van der Waals surface area contributed by atoms with Gasteiger partial charge in [-0.3, -0.25) is 4.79 Å². The van der Waals surface area contributed by atoms with Crippen LogP contribution in [-0.2, 0) is 4.74 Å². The molecule has 9 nitrogen and oxygen atoms in total. The van der Waals surface area contributed by atoms with Crippen LogP contribution in [0.3, 0.4) is 0 Å². The smallest absolute Gasteiger partial charge is 0.254 e. The molecule has 2 aliphatic heterocycles. The van der Waals surface area contributed by atoms with Crippen molar-refractivity contribution in [2.45, 2.75) is 0 Å². The summed E-state index contributed by atoms with van der Waals surface area (Å²) in [6, 6.07) is 11.5. The van der Waals surface area contributed by atoms with Crippen molar-refractivity contribution in [2.24, 2.45) is 0 Å². The second-order valence-corrected chi connectivity index (χ2v) is 7.82. The summed E-state index contributed by atoms with van der Waals surface area (Å²) in [5.41, 5.74) is 1.53. The number of aromatic nitrogens is 3. The maximum atomic E-state index is 13.3. The fourth-order valence-electron chi connectivity index (χ4n) is 4.17. The normalized spacial score (nSPS) is 17.0. The largest absolute Gasteiger partial charge is 0.481 e. The highest BCUT2D eigenvalue weighted by atomic mass is 16.5. The van der Waals surface area contributed by atoms with Crippen molar-refractivity contribution < 1.29 is 14.3 Å². The van der Waals surface area contributed by atoms with Crippen LogP contribution in [0.4, 0.5) is 11.8 Å². The molecule has 2 fully saturated rings. The Hall–Kier alpha value is -3.46. The molecule has 0 radical (unpaired) electrons. The molecule has 1 aromatic carbocycles. The highest BCUT2D eigenvalue weighted by Gasteiger charge is 2.25. The molecule has 2 aliphatic rings. The van der Waals surface area contributed by atoms with Crippen LogP contribution in [-0.4, -0.2) is 85.4 Å². The van der Waals surface area contributed by atoms with Crippen LogP contribution in [0.1, 0.15) is 10.4 Å². The fraction of sp³-hybridized carbons (Fsp3) is 0.391. The van der Waals surface area contributed by atoms with Crippen LogP contribution in [0.2, 0.25) is 0 Å². The molecule has 0 saturated carbocycles. The molecule has 0 aliphatic carbocycles. The molecule has 2 saturated heterocycles. The zero-order valence-corrected chi connectivity index (χ0v) is 18.1. The molecule has 0 atom stereocenters. The van der Waals surface area contributed by atoms with Crippen molar-refractivity contribution in [3.63, 3.8) is 0 Å². The predicted molar refractivity (Wildman–Crippen MR) is 121 cm³/mol. The SMILES string of the molecule is COc1ccnc(N2CCN(c3cc(C(=O)N4CCOCC4)c4ccccc4n3)CC2)n1. The van der Waals surface area contributed by atoms with Crippen LogP contribution in [0, 0.1) is 0 Å². The number of nitrogens with zero attached hydrogens (tertiary/aromatic N) is 6. The molecule has 9 heteroatoms. The van der Waals surface area contributed by atoms with Crippen molar-refractivity contribution in [3.05, 3.63) is 48.2 Å². The van der Waals surface area contributed by atoms with Crippen molar-refractivity contribution in [1.82, 2.24) is 19.9 Å². The van der Waals surface area contributed by atoms with Crippen molar-refractivity contribution >= 4 is 28.6 Å². The lowest BCUT2D eigenvalue weighted by Gasteiger charge is -2.35. The number of rotatable bonds is 4. The highest BCUT2D eigenvalue weighted by Crippen LogP contribution is 2.26. The molecule has 2 aromatic heterocycles. The Kier molecular flexibility index (Phi) is 5.72.